The van der Waals surface area contributed by atoms with Crippen molar-refractivity contribution in [2.75, 3.05) is 5.73 Å². The lowest BCUT2D eigenvalue weighted by atomic mass is 10.1. The van der Waals surface area contributed by atoms with Gasteiger partial charge in [-0.2, -0.15) is 0 Å². The van der Waals surface area contributed by atoms with E-state index < -0.39 is 0 Å². The fourth-order valence-corrected chi connectivity index (χ4v) is 2.78. The van der Waals surface area contributed by atoms with Crippen molar-refractivity contribution >= 4 is 39.7 Å². The summed E-state index contributed by atoms with van der Waals surface area (Å²) in [6.07, 6.45) is 0. The fourth-order valence-electron chi connectivity index (χ4n) is 1.32. The van der Waals surface area contributed by atoms with Crippen LogP contribution in [-0.2, 0) is 0 Å². The summed E-state index contributed by atoms with van der Waals surface area (Å²) in [5.41, 5.74) is 7.90. The van der Waals surface area contributed by atoms with Crippen LogP contribution in [-0.4, -0.2) is 0 Å². The summed E-state index contributed by atoms with van der Waals surface area (Å²) in [7, 11) is 0. The first-order chi connectivity index (χ1) is 5.70. The zero-order valence-electron chi connectivity index (χ0n) is 6.66. The molecular weight excluding hydrogens is 186 g/mol. The summed E-state index contributed by atoms with van der Waals surface area (Å²) in [4.78, 5) is 1.03. The Morgan fingerprint density at radius 2 is 2.17 bits per heavy atom. The summed E-state index contributed by atoms with van der Waals surface area (Å²) in [5.74, 6) is 0. The Morgan fingerprint density at radius 1 is 1.42 bits per heavy atom. The lowest BCUT2D eigenvalue weighted by molar-refractivity contribution is 1.50. The first kappa shape index (κ1) is 7.95. The largest absolute Gasteiger partial charge is 0.398 e. The quantitative estimate of drug-likeness (QED) is 0.490. The van der Waals surface area contributed by atoms with Gasteiger partial charge in [-0.25, -0.2) is 0 Å². The highest BCUT2D eigenvalue weighted by Crippen LogP contribution is 2.34. The van der Waals surface area contributed by atoms with Crippen LogP contribution in [0, 0.1) is 6.92 Å². The molecule has 0 bridgehead atoms. The topological polar surface area (TPSA) is 26.0 Å². The number of thiol groups is 1. The van der Waals surface area contributed by atoms with E-state index in [1.165, 1.54) is 10.9 Å². The number of nitrogen functional groups attached to an aromatic ring is 1. The highest BCUT2D eigenvalue weighted by atomic mass is 32.1. The van der Waals surface area contributed by atoms with Crippen LogP contribution in [0.5, 0.6) is 0 Å². The molecule has 2 rings (SSSR count). The third-order valence-corrected chi connectivity index (χ3v) is 3.50. The van der Waals surface area contributed by atoms with Crippen molar-refractivity contribution in [3.05, 3.63) is 23.1 Å². The van der Waals surface area contributed by atoms with Crippen LogP contribution >= 0.6 is 24.0 Å². The molecule has 0 saturated heterocycles. The number of hydrogen-bond donors (Lipinski definition) is 2. The van der Waals surface area contributed by atoms with Gasteiger partial charge in [-0.1, -0.05) is 6.07 Å². The maximum Gasteiger partial charge on any atom is 0.0586 e. The Kier molecular flexibility index (Phi) is 1.77. The third kappa shape index (κ3) is 1.01. The molecule has 0 aliphatic carbocycles. The van der Waals surface area contributed by atoms with Gasteiger partial charge in [-0.15, -0.1) is 24.0 Å². The van der Waals surface area contributed by atoms with Crippen molar-refractivity contribution in [2.45, 2.75) is 11.8 Å². The smallest absolute Gasteiger partial charge is 0.0586 e. The van der Waals surface area contributed by atoms with Crippen molar-refractivity contribution in [3.8, 4) is 0 Å². The molecule has 1 aromatic heterocycles. The molecule has 0 aliphatic heterocycles. The zero-order valence-corrected chi connectivity index (χ0v) is 8.38. The molecule has 0 amide bonds. The molecule has 1 aromatic carbocycles. The van der Waals surface area contributed by atoms with Gasteiger partial charge in [0.15, 0.2) is 0 Å². The van der Waals surface area contributed by atoms with Gasteiger partial charge in [0.05, 0.1) is 4.70 Å². The van der Waals surface area contributed by atoms with Gasteiger partial charge in [-0.3, -0.25) is 0 Å². The minimum Gasteiger partial charge on any atom is -0.398 e. The third-order valence-electron chi connectivity index (χ3n) is 1.94. The van der Waals surface area contributed by atoms with Crippen LogP contribution in [0.1, 0.15) is 5.56 Å². The van der Waals surface area contributed by atoms with E-state index in [0.717, 1.165) is 15.3 Å². The first-order valence-corrected chi connectivity index (χ1v) is 4.98. The van der Waals surface area contributed by atoms with E-state index >= 15 is 0 Å². The lowest BCUT2D eigenvalue weighted by Gasteiger charge is -1.99. The molecule has 1 heterocycles. The summed E-state index contributed by atoms with van der Waals surface area (Å²) in [6.45, 7) is 2.08. The number of aryl methyl sites for hydroxylation is 1. The van der Waals surface area contributed by atoms with E-state index in [-0.39, 0.29) is 0 Å². The summed E-state index contributed by atoms with van der Waals surface area (Å²) in [5, 5.41) is 3.22. The van der Waals surface area contributed by atoms with E-state index in [0.29, 0.717) is 0 Å². The standard InChI is InChI=1S/C9H9NS2/c1-5-2-3-6(10)9-8(5)7(11)4-12-9/h2-4,11H,10H2,1H3. The predicted octanol–water partition coefficient (Wildman–Crippen LogP) is 3.08. The van der Waals surface area contributed by atoms with Gasteiger partial charge in [-0.05, 0) is 18.6 Å². The van der Waals surface area contributed by atoms with Crippen molar-refractivity contribution in [1.29, 1.82) is 0 Å². The Morgan fingerprint density at radius 3 is 2.83 bits per heavy atom. The minimum atomic E-state index is 0.848. The number of anilines is 1. The second-order valence-electron chi connectivity index (χ2n) is 2.80. The van der Waals surface area contributed by atoms with Crippen molar-refractivity contribution in [3.63, 3.8) is 0 Å². The SMILES string of the molecule is Cc1ccc(N)c2scc(S)c12. The van der Waals surface area contributed by atoms with E-state index in [1.807, 2.05) is 17.5 Å². The van der Waals surface area contributed by atoms with Crippen LogP contribution < -0.4 is 5.73 Å². The number of rotatable bonds is 0. The van der Waals surface area contributed by atoms with Crippen LogP contribution in [0.4, 0.5) is 5.69 Å². The second kappa shape index (κ2) is 2.68. The zero-order chi connectivity index (χ0) is 8.72. The van der Waals surface area contributed by atoms with E-state index in [9.17, 15) is 0 Å². The molecule has 12 heavy (non-hydrogen) atoms. The highest BCUT2D eigenvalue weighted by molar-refractivity contribution is 7.80. The van der Waals surface area contributed by atoms with Gasteiger partial charge < -0.3 is 5.73 Å². The lowest BCUT2D eigenvalue weighted by Crippen LogP contribution is -1.85. The van der Waals surface area contributed by atoms with Gasteiger partial charge in [0.1, 0.15) is 0 Å². The average molecular weight is 195 g/mol. The molecule has 0 atom stereocenters. The highest BCUT2D eigenvalue weighted by Gasteiger charge is 2.05. The molecule has 62 valence electrons. The first-order valence-electron chi connectivity index (χ1n) is 3.65. The van der Waals surface area contributed by atoms with Crippen molar-refractivity contribution in [2.24, 2.45) is 0 Å². The van der Waals surface area contributed by atoms with Gasteiger partial charge in [0, 0.05) is 21.3 Å². The molecule has 0 fully saturated rings. The Hall–Kier alpha value is -0.670. The molecule has 2 aromatic rings. The Balaban J connectivity index is 2.98. The summed E-state index contributed by atoms with van der Waals surface area (Å²) in [6, 6.07) is 3.98. The molecule has 0 radical (unpaired) electrons. The predicted molar refractivity (Wildman–Crippen MR) is 58.2 cm³/mol. The summed E-state index contributed by atoms with van der Waals surface area (Å²) < 4.78 is 1.15. The number of thiophene rings is 1. The fraction of sp³-hybridized carbons (Fsp3) is 0.111. The number of fused-ring (bicyclic) bond motifs is 1. The van der Waals surface area contributed by atoms with Gasteiger partial charge in [0.25, 0.3) is 0 Å². The van der Waals surface area contributed by atoms with Crippen LogP contribution in [0.3, 0.4) is 0 Å². The van der Waals surface area contributed by atoms with E-state index in [1.54, 1.807) is 11.3 Å². The molecule has 1 nitrogen and oxygen atoms in total. The van der Waals surface area contributed by atoms with Crippen molar-refractivity contribution < 1.29 is 0 Å². The monoisotopic (exact) mass is 195 g/mol. The average Bonchev–Trinajstić information content (AvgIpc) is 2.42. The van der Waals surface area contributed by atoms with Crippen LogP contribution in [0.15, 0.2) is 22.4 Å². The number of nitrogens with two attached hydrogens (primary N) is 1. The Labute approximate surface area is 80.6 Å². The second-order valence-corrected chi connectivity index (χ2v) is 4.16. The Bertz CT molecular complexity index is 431. The molecule has 0 saturated carbocycles. The van der Waals surface area contributed by atoms with Crippen LogP contribution in [0.2, 0.25) is 0 Å². The number of hydrogen-bond acceptors (Lipinski definition) is 3. The molecule has 0 spiro atoms. The maximum absolute atomic E-state index is 5.81. The minimum absolute atomic E-state index is 0.848. The molecule has 3 heteroatoms. The summed E-state index contributed by atoms with van der Waals surface area (Å²) >= 11 is 6.03. The maximum atomic E-state index is 5.81. The molecular formula is C9H9NS2. The van der Waals surface area contributed by atoms with E-state index in [4.69, 9.17) is 5.73 Å². The van der Waals surface area contributed by atoms with Gasteiger partial charge in [0.2, 0.25) is 0 Å². The molecule has 0 unspecified atom stereocenters. The normalized spacial score (nSPS) is 10.8. The van der Waals surface area contributed by atoms with Crippen molar-refractivity contribution in [1.82, 2.24) is 0 Å². The molecule has 2 N–H and O–H groups in total. The molecule has 0 aliphatic rings. The van der Waals surface area contributed by atoms with Crippen LogP contribution in [0.25, 0.3) is 10.1 Å². The van der Waals surface area contributed by atoms with E-state index in [2.05, 4.69) is 19.6 Å². The van der Waals surface area contributed by atoms with Gasteiger partial charge >= 0.3 is 0 Å². The number of benzene rings is 1.